The maximum Gasteiger partial charge on any atom is 0.441 e. The van der Waals surface area contributed by atoms with E-state index in [1.165, 1.54) is 5.56 Å². The van der Waals surface area contributed by atoms with Gasteiger partial charge < -0.3 is 5.32 Å². The van der Waals surface area contributed by atoms with Gasteiger partial charge in [-0.1, -0.05) is 30.3 Å². The predicted molar refractivity (Wildman–Crippen MR) is 61.5 cm³/mol. The summed E-state index contributed by atoms with van der Waals surface area (Å²) in [5.41, 5.74) is -2.92. The van der Waals surface area contributed by atoms with Crippen molar-refractivity contribution in [3.05, 3.63) is 35.9 Å². The zero-order valence-electron chi connectivity index (χ0n) is 8.76. The Morgan fingerprint density at radius 2 is 1.75 bits per heavy atom. The predicted octanol–water partition coefficient (Wildman–Crippen LogP) is 3.07. The lowest BCUT2D eigenvalue weighted by atomic mass is 10.1. The number of thioether (sulfide) groups is 1. The lowest BCUT2D eigenvalue weighted by Gasteiger charge is -2.06. The van der Waals surface area contributed by atoms with Crippen LogP contribution in [0.4, 0.5) is 13.2 Å². The van der Waals surface area contributed by atoms with E-state index in [1.54, 1.807) is 0 Å². The minimum absolute atomic E-state index is 0.0173. The van der Waals surface area contributed by atoms with Crippen molar-refractivity contribution in [1.29, 1.82) is 0 Å². The molecule has 0 heterocycles. The molecule has 1 N–H and O–H groups in total. The van der Waals surface area contributed by atoms with E-state index in [9.17, 15) is 13.2 Å². The third-order valence-corrected chi connectivity index (χ3v) is 2.71. The summed E-state index contributed by atoms with van der Waals surface area (Å²) in [4.78, 5) is 0. The first-order chi connectivity index (χ1) is 7.58. The van der Waals surface area contributed by atoms with Crippen LogP contribution >= 0.6 is 11.8 Å². The van der Waals surface area contributed by atoms with Gasteiger partial charge in [0, 0.05) is 12.3 Å². The Kier molecular flexibility index (Phi) is 5.69. The molecule has 90 valence electrons. The Morgan fingerprint density at radius 3 is 2.38 bits per heavy atom. The average Bonchev–Trinajstić information content (AvgIpc) is 2.23. The fourth-order valence-corrected chi connectivity index (χ4v) is 1.72. The lowest BCUT2D eigenvalue weighted by molar-refractivity contribution is -0.0327. The first-order valence-electron chi connectivity index (χ1n) is 5.03. The molecule has 5 heteroatoms. The van der Waals surface area contributed by atoms with Crippen LogP contribution in [0.15, 0.2) is 30.3 Å². The van der Waals surface area contributed by atoms with Gasteiger partial charge >= 0.3 is 5.51 Å². The van der Waals surface area contributed by atoms with E-state index in [4.69, 9.17) is 0 Å². The number of rotatable bonds is 6. The molecule has 0 atom stereocenters. The highest BCUT2D eigenvalue weighted by atomic mass is 32.2. The monoisotopic (exact) mass is 249 g/mol. The number of hydrogen-bond acceptors (Lipinski definition) is 2. The van der Waals surface area contributed by atoms with Crippen LogP contribution in [0.25, 0.3) is 0 Å². The Hall–Kier alpha value is -0.680. The first-order valence-corrected chi connectivity index (χ1v) is 6.02. The lowest BCUT2D eigenvalue weighted by Crippen LogP contribution is -2.21. The molecule has 0 radical (unpaired) electrons. The van der Waals surface area contributed by atoms with E-state index in [0.717, 1.165) is 6.42 Å². The van der Waals surface area contributed by atoms with Crippen molar-refractivity contribution in [1.82, 2.24) is 5.32 Å². The molecule has 0 bridgehead atoms. The summed E-state index contributed by atoms with van der Waals surface area (Å²) in [7, 11) is 0. The van der Waals surface area contributed by atoms with Gasteiger partial charge in [0.25, 0.3) is 0 Å². The van der Waals surface area contributed by atoms with Crippen molar-refractivity contribution in [2.45, 2.75) is 11.9 Å². The largest absolute Gasteiger partial charge is 0.441 e. The van der Waals surface area contributed by atoms with Gasteiger partial charge in [-0.15, -0.1) is 0 Å². The van der Waals surface area contributed by atoms with Crippen molar-refractivity contribution in [3.8, 4) is 0 Å². The van der Waals surface area contributed by atoms with Gasteiger partial charge in [-0.2, -0.15) is 13.2 Å². The van der Waals surface area contributed by atoms with Crippen LogP contribution in [0.1, 0.15) is 5.56 Å². The van der Waals surface area contributed by atoms with Crippen molar-refractivity contribution in [2.24, 2.45) is 0 Å². The molecule has 1 aromatic rings. The summed E-state index contributed by atoms with van der Waals surface area (Å²) in [5, 5.41) is 2.99. The van der Waals surface area contributed by atoms with Crippen LogP contribution in [0.3, 0.4) is 0 Å². The van der Waals surface area contributed by atoms with Crippen LogP contribution in [0, 0.1) is 0 Å². The number of halogens is 3. The Morgan fingerprint density at radius 1 is 1.06 bits per heavy atom. The van der Waals surface area contributed by atoms with Gasteiger partial charge in [-0.25, -0.2) is 0 Å². The van der Waals surface area contributed by atoms with Gasteiger partial charge in [0.2, 0.25) is 0 Å². The second kappa shape index (κ2) is 6.81. The second-order valence-electron chi connectivity index (χ2n) is 3.28. The average molecular weight is 249 g/mol. The zero-order valence-corrected chi connectivity index (χ0v) is 9.57. The maximum absolute atomic E-state index is 11.8. The number of hydrogen-bond donors (Lipinski definition) is 1. The van der Waals surface area contributed by atoms with Gasteiger partial charge in [0.15, 0.2) is 0 Å². The highest BCUT2D eigenvalue weighted by molar-refractivity contribution is 8.00. The molecular weight excluding hydrogens is 235 g/mol. The Labute approximate surface area is 97.4 Å². The molecule has 0 saturated heterocycles. The van der Waals surface area contributed by atoms with E-state index in [1.807, 2.05) is 30.3 Å². The van der Waals surface area contributed by atoms with Gasteiger partial charge in [-0.3, -0.25) is 0 Å². The van der Waals surface area contributed by atoms with Crippen molar-refractivity contribution in [3.63, 3.8) is 0 Å². The third-order valence-electron chi connectivity index (χ3n) is 1.98. The first kappa shape index (κ1) is 13.4. The minimum atomic E-state index is -4.11. The number of nitrogens with one attached hydrogen (secondary N) is 1. The molecule has 0 aliphatic carbocycles. The fraction of sp³-hybridized carbons (Fsp3) is 0.455. The van der Waals surface area contributed by atoms with Crippen molar-refractivity contribution < 1.29 is 13.2 Å². The highest BCUT2D eigenvalue weighted by Crippen LogP contribution is 2.29. The van der Waals surface area contributed by atoms with Gasteiger partial charge in [-0.05, 0) is 30.3 Å². The molecule has 0 fully saturated rings. The van der Waals surface area contributed by atoms with E-state index in [-0.39, 0.29) is 17.5 Å². The molecule has 0 saturated carbocycles. The maximum atomic E-state index is 11.8. The molecule has 1 nitrogen and oxygen atoms in total. The van der Waals surface area contributed by atoms with E-state index < -0.39 is 5.51 Å². The minimum Gasteiger partial charge on any atom is -0.316 e. The molecule has 0 amide bonds. The van der Waals surface area contributed by atoms with E-state index in [2.05, 4.69) is 5.32 Å². The molecule has 0 aliphatic rings. The smallest absolute Gasteiger partial charge is 0.316 e. The summed E-state index contributed by atoms with van der Waals surface area (Å²) >= 11 is 0.0173. The summed E-state index contributed by atoms with van der Waals surface area (Å²) in [6.45, 7) is 1.10. The van der Waals surface area contributed by atoms with E-state index >= 15 is 0 Å². The molecule has 1 rings (SSSR count). The number of alkyl halides is 3. The number of benzene rings is 1. The van der Waals surface area contributed by atoms with Crippen LogP contribution in [-0.2, 0) is 6.42 Å². The Balaban J connectivity index is 2.01. The third kappa shape index (κ3) is 6.74. The normalized spacial score (nSPS) is 11.7. The van der Waals surface area contributed by atoms with Crippen LogP contribution in [-0.4, -0.2) is 24.4 Å². The fourth-order valence-electron chi connectivity index (χ4n) is 1.24. The van der Waals surface area contributed by atoms with Crippen molar-refractivity contribution >= 4 is 11.8 Å². The molecule has 0 aliphatic heterocycles. The molecule has 16 heavy (non-hydrogen) atoms. The molecule has 0 aromatic heterocycles. The molecule has 1 aromatic carbocycles. The molecule has 0 spiro atoms. The molecule has 0 unspecified atom stereocenters. The van der Waals surface area contributed by atoms with Crippen molar-refractivity contribution in [2.75, 3.05) is 18.8 Å². The second-order valence-corrected chi connectivity index (χ2v) is 4.44. The standard InChI is InChI=1S/C11H14F3NS/c12-11(13,14)16-9-8-15-7-6-10-4-2-1-3-5-10/h1-5,15H,6-9H2. The topological polar surface area (TPSA) is 12.0 Å². The summed E-state index contributed by atoms with van der Waals surface area (Å²) in [6, 6.07) is 9.86. The van der Waals surface area contributed by atoms with Gasteiger partial charge in [0.1, 0.15) is 0 Å². The molecular formula is C11H14F3NS. The van der Waals surface area contributed by atoms with Crippen LogP contribution < -0.4 is 5.32 Å². The Bertz CT molecular complexity index is 287. The van der Waals surface area contributed by atoms with Crippen LogP contribution in [0.2, 0.25) is 0 Å². The van der Waals surface area contributed by atoms with Gasteiger partial charge in [0.05, 0.1) is 0 Å². The summed E-state index contributed by atoms with van der Waals surface area (Å²) < 4.78 is 35.3. The SMILES string of the molecule is FC(F)(F)SCCNCCc1ccccc1. The van der Waals surface area contributed by atoms with E-state index in [0.29, 0.717) is 13.1 Å². The quantitative estimate of drug-likeness (QED) is 0.778. The summed E-state index contributed by atoms with van der Waals surface area (Å²) in [5.74, 6) is 0.0677. The highest BCUT2D eigenvalue weighted by Gasteiger charge is 2.27. The van der Waals surface area contributed by atoms with Crippen LogP contribution in [0.5, 0.6) is 0 Å². The zero-order chi connectivity index (χ0) is 11.9. The summed E-state index contributed by atoms with van der Waals surface area (Å²) in [6.07, 6.45) is 0.845.